The van der Waals surface area contributed by atoms with E-state index < -0.39 is 0 Å². The minimum atomic E-state index is -0.00867. The topological polar surface area (TPSA) is 37.4 Å². The molecule has 2 amide bonds. The number of unbranched alkanes of at least 4 members (excludes halogenated alkanes) is 11. The monoisotopic (exact) mass is 451 g/mol. The van der Waals surface area contributed by atoms with E-state index in [1.807, 2.05) is 6.07 Å². The van der Waals surface area contributed by atoms with Crippen LogP contribution in [-0.2, 0) is 22.6 Å². The Hall–Kier alpha value is -1.90. The Morgan fingerprint density at radius 1 is 0.727 bits per heavy atom. The third kappa shape index (κ3) is 7.04. The van der Waals surface area contributed by atoms with E-state index in [2.05, 4.69) is 32.0 Å². The van der Waals surface area contributed by atoms with Crippen molar-refractivity contribution < 1.29 is 9.59 Å². The molecule has 3 heteroatoms. The summed E-state index contributed by atoms with van der Waals surface area (Å²) in [5.41, 5.74) is 4.17. The zero-order chi connectivity index (χ0) is 23.5. The molecule has 0 spiro atoms. The van der Waals surface area contributed by atoms with Gasteiger partial charge in [0.15, 0.2) is 0 Å². The highest BCUT2D eigenvalue weighted by Gasteiger charge is 2.42. The van der Waals surface area contributed by atoms with E-state index in [0.717, 1.165) is 55.2 Å². The number of benzene rings is 1. The Balaban J connectivity index is 1.71. The van der Waals surface area contributed by atoms with Gasteiger partial charge in [-0.1, -0.05) is 115 Å². The molecule has 0 saturated carbocycles. The molecule has 0 saturated heterocycles. The summed E-state index contributed by atoms with van der Waals surface area (Å²) >= 11 is 0. The highest BCUT2D eigenvalue weighted by atomic mass is 16.2. The van der Waals surface area contributed by atoms with Gasteiger partial charge in [0.1, 0.15) is 0 Å². The summed E-state index contributed by atoms with van der Waals surface area (Å²) in [5, 5.41) is 0. The number of amides is 2. The lowest BCUT2D eigenvalue weighted by atomic mass is 9.82. The van der Waals surface area contributed by atoms with Crippen molar-refractivity contribution in [1.29, 1.82) is 0 Å². The summed E-state index contributed by atoms with van der Waals surface area (Å²) in [6.07, 6.45) is 18.8. The van der Waals surface area contributed by atoms with Crippen LogP contribution in [0.15, 0.2) is 35.4 Å². The molecule has 182 valence electrons. The van der Waals surface area contributed by atoms with Crippen molar-refractivity contribution >= 4 is 11.8 Å². The SMILES string of the molecule is CCCCCCCCCC1=C2C(=O)N(Cc3ccccc3CC2CCCCCCCC)C1=O. The first-order chi connectivity index (χ1) is 16.2. The molecular weight excluding hydrogens is 406 g/mol. The van der Waals surface area contributed by atoms with E-state index in [1.54, 1.807) is 0 Å². The summed E-state index contributed by atoms with van der Waals surface area (Å²) in [6, 6.07) is 8.41. The van der Waals surface area contributed by atoms with Crippen LogP contribution in [0.5, 0.6) is 0 Å². The Morgan fingerprint density at radius 2 is 1.30 bits per heavy atom. The molecule has 1 aromatic carbocycles. The van der Waals surface area contributed by atoms with Gasteiger partial charge in [-0.3, -0.25) is 14.5 Å². The van der Waals surface area contributed by atoms with E-state index in [1.165, 1.54) is 74.7 Å². The lowest BCUT2D eigenvalue weighted by Gasteiger charge is -2.25. The Labute approximate surface area is 202 Å². The standard InChI is InChI=1S/C30H45NO2/c1-3-5-7-9-11-13-15-21-27-28-25(19-14-12-10-8-6-4-2)22-24-18-16-17-20-26(24)23-31(29(27)32)30(28)33/h16-18,20,25H,3-15,19,21-23H2,1-2H3. The molecule has 3 nitrogen and oxygen atoms in total. The van der Waals surface area contributed by atoms with Crippen LogP contribution in [0.4, 0.5) is 0 Å². The smallest absolute Gasteiger partial charge is 0.257 e. The van der Waals surface area contributed by atoms with Crippen molar-refractivity contribution in [2.45, 2.75) is 123 Å². The van der Waals surface area contributed by atoms with E-state index >= 15 is 0 Å². The largest absolute Gasteiger partial charge is 0.270 e. The van der Waals surface area contributed by atoms with Crippen molar-refractivity contribution in [3.8, 4) is 0 Å². The first-order valence-corrected chi connectivity index (χ1v) is 13.8. The third-order valence-corrected chi connectivity index (χ3v) is 7.56. The van der Waals surface area contributed by atoms with Gasteiger partial charge in [0.25, 0.3) is 11.8 Å². The lowest BCUT2D eigenvalue weighted by molar-refractivity contribution is -0.138. The van der Waals surface area contributed by atoms with E-state index in [9.17, 15) is 9.59 Å². The molecule has 1 aromatic rings. The summed E-state index contributed by atoms with van der Waals surface area (Å²) in [7, 11) is 0. The number of imide groups is 1. The number of nitrogens with zero attached hydrogens (tertiary/aromatic N) is 1. The summed E-state index contributed by atoms with van der Waals surface area (Å²) in [6.45, 7) is 4.93. The molecule has 0 radical (unpaired) electrons. The van der Waals surface area contributed by atoms with Crippen molar-refractivity contribution in [1.82, 2.24) is 4.90 Å². The Kier molecular flexibility index (Phi) is 10.7. The Bertz CT molecular complexity index is 809. The third-order valence-electron chi connectivity index (χ3n) is 7.56. The molecule has 3 rings (SSSR count). The van der Waals surface area contributed by atoms with E-state index in [0.29, 0.717) is 6.54 Å². The number of fused-ring (bicyclic) bond motifs is 3. The maximum atomic E-state index is 13.4. The first kappa shape index (κ1) is 25.7. The quantitative estimate of drug-likeness (QED) is 0.201. The molecule has 0 aliphatic carbocycles. The van der Waals surface area contributed by atoms with Crippen LogP contribution in [0.25, 0.3) is 0 Å². The molecule has 2 bridgehead atoms. The molecule has 0 fully saturated rings. The van der Waals surface area contributed by atoms with Crippen molar-refractivity contribution in [2.75, 3.05) is 0 Å². The van der Waals surface area contributed by atoms with Gasteiger partial charge in [-0.2, -0.15) is 0 Å². The van der Waals surface area contributed by atoms with Gasteiger partial charge in [0.05, 0.1) is 6.54 Å². The van der Waals surface area contributed by atoms with Crippen LogP contribution in [0.2, 0.25) is 0 Å². The second-order valence-corrected chi connectivity index (χ2v) is 10.2. The maximum Gasteiger partial charge on any atom is 0.257 e. The average Bonchev–Trinajstić information content (AvgIpc) is 3.06. The van der Waals surface area contributed by atoms with Gasteiger partial charge >= 0.3 is 0 Å². The fraction of sp³-hybridized carbons (Fsp3) is 0.667. The summed E-state index contributed by atoms with van der Waals surface area (Å²) < 4.78 is 0. The number of hydrogen-bond donors (Lipinski definition) is 0. The Morgan fingerprint density at radius 3 is 1.97 bits per heavy atom. The van der Waals surface area contributed by atoms with Gasteiger partial charge in [0, 0.05) is 11.1 Å². The molecule has 1 unspecified atom stereocenters. The van der Waals surface area contributed by atoms with Crippen LogP contribution in [-0.4, -0.2) is 16.7 Å². The fourth-order valence-corrected chi connectivity index (χ4v) is 5.58. The average molecular weight is 452 g/mol. The number of rotatable bonds is 15. The van der Waals surface area contributed by atoms with Crippen LogP contribution in [0.3, 0.4) is 0 Å². The highest BCUT2D eigenvalue weighted by Crippen LogP contribution is 2.38. The zero-order valence-electron chi connectivity index (χ0n) is 21.2. The van der Waals surface area contributed by atoms with Gasteiger partial charge in [-0.15, -0.1) is 0 Å². The fourth-order valence-electron chi connectivity index (χ4n) is 5.58. The maximum absolute atomic E-state index is 13.4. The number of carbonyl (C=O) groups excluding carboxylic acids is 2. The molecule has 2 aliphatic heterocycles. The molecule has 1 atom stereocenters. The molecule has 2 aliphatic rings. The number of hydrogen-bond acceptors (Lipinski definition) is 2. The second kappa shape index (κ2) is 13.7. The van der Waals surface area contributed by atoms with Crippen molar-refractivity contribution in [3.05, 3.63) is 46.5 Å². The molecule has 2 heterocycles. The first-order valence-electron chi connectivity index (χ1n) is 13.8. The van der Waals surface area contributed by atoms with E-state index in [4.69, 9.17) is 0 Å². The van der Waals surface area contributed by atoms with E-state index in [-0.39, 0.29) is 17.7 Å². The highest BCUT2D eigenvalue weighted by molar-refractivity contribution is 6.19. The summed E-state index contributed by atoms with van der Waals surface area (Å²) in [4.78, 5) is 28.3. The lowest BCUT2D eigenvalue weighted by Crippen LogP contribution is -2.34. The molecule has 0 aromatic heterocycles. The van der Waals surface area contributed by atoms with Crippen LogP contribution in [0.1, 0.15) is 121 Å². The van der Waals surface area contributed by atoms with Gasteiger partial charge in [-0.25, -0.2) is 0 Å². The van der Waals surface area contributed by atoms with Gasteiger partial charge in [-0.05, 0) is 42.7 Å². The summed E-state index contributed by atoms with van der Waals surface area (Å²) in [5.74, 6) is 0.174. The van der Waals surface area contributed by atoms with Crippen molar-refractivity contribution in [2.24, 2.45) is 5.92 Å². The van der Waals surface area contributed by atoms with Gasteiger partial charge < -0.3 is 0 Å². The molecule has 33 heavy (non-hydrogen) atoms. The minimum absolute atomic E-state index is 0.00318. The molecular formula is C30H45NO2. The predicted octanol–water partition coefficient (Wildman–Crippen LogP) is 7.92. The van der Waals surface area contributed by atoms with Crippen molar-refractivity contribution in [3.63, 3.8) is 0 Å². The minimum Gasteiger partial charge on any atom is -0.270 e. The van der Waals surface area contributed by atoms with Crippen LogP contribution < -0.4 is 0 Å². The predicted molar refractivity (Wildman–Crippen MR) is 137 cm³/mol. The van der Waals surface area contributed by atoms with Gasteiger partial charge in [0.2, 0.25) is 0 Å². The zero-order valence-corrected chi connectivity index (χ0v) is 21.2. The van der Waals surface area contributed by atoms with Crippen LogP contribution >= 0.6 is 0 Å². The van der Waals surface area contributed by atoms with Crippen LogP contribution in [0, 0.1) is 5.92 Å². The number of carbonyl (C=O) groups is 2. The second-order valence-electron chi connectivity index (χ2n) is 10.2. The normalized spacial score (nSPS) is 18.0. The molecule has 0 N–H and O–H groups in total.